The van der Waals surface area contributed by atoms with Gasteiger partial charge in [0, 0.05) is 11.4 Å². The number of carboxylic acid groups (broad SMARTS) is 1. The van der Waals surface area contributed by atoms with Crippen molar-refractivity contribution in [1.82, 2.24) is 0 Å². The number of ether oxygens (including phenoxy) is 1. The molecule has 82 valence electrons. The van der Waals surface area contributed by atoms with Crippen molar-refractivity contribution in [3.63, 3.8) is 0 Å². The van der Waals surface area contributed by atoms with Gasteiger partial charge < -0.3 is 15.6 Å². The first-order chi connectivity index (χ1) is 7.18. The van der Waals surface area contributed by atoms with Crippen LogP contribution >= 0.6 is 11.8 Å². The van der Waals surface area contributed by atoms with E-state index in [-0.39, 0.29) is 5.75 Å². The van der Waals surface area contributed by atoms with E-state index in [0.717, 1.165) is 5.75 Å². The van der Waals surface area contributed by atoms with Crippen molar-refractivity contribution in [3.8, 4) is 5.75 Å². The summed E-state index contributed by atoms with van der Waals surface area (Å²) < 4.78 is 5.37. The van der Waals surface area contributed by atoms with Gasteiger partial charge in [0.15, 0.2) is 0 Å². The van der Waals surface area contributed by atoms with Crippen LogP contribution in [0.25, 0.3) is 0 Å². The number of aliphatic carboxylic acids is 1. The third-order valence-corrected chi connectivity index (χ3v) is 2.51. The molecule has 0 aliphatic heterocycles. The number of hydrogen-bond donors (Lipinski definition) is 2. The second kappa shape index (κ2) is 6.19. The Morgan fingerprint density at radius 1 is 1.40 bits per heavy atom. The number of benzene rings is 1. The van der Waals surface area contributed by atoms with Crippen molar-refractivity contribution >= 4 is 23.4 Å². The molecule has 0 amide bonds. The Morgan fingerprint density at radius 3 is 2.67 bits per heavy atom. The molecular formula is C10H13NO3S. The number of carbonyl (C=O) groups is 1. The van der Waals surface area contributed by atoms with Crippen molar-refractivity contribution in [2.45, 2.75) is 0 Å². The molecule has 15 heavy (non-hydrogen) atoms. The molecule has 0 atom stereocenters. The van der Waals surface area contributed by atoms with Crippen LogP contribution in [0.5, 0.6) is 5.75 Å². The fraction of sp³-hybridized carbons (Fsp3) is 0.300. The van der Waals surface area contributed by atoms with Gasteiger partial charge in [-0.15, -0.1) is 11.8 Å². The van der Waals surface area contributed by atoms with Crippen LogP contribution in [0.15, 0.2) is 24.3 Å². The molecule has 1 aromatic rings. The van der Waals surface area contributed by atoms with Gasteiger partial charge in [0.05, 0.1) is 12.4 Å². The quantitative estimate of drug-likeness (QED) is 0.568. The summed E-state index contributed by atoms with van der Waals surface area (Å²) in [6.45, 7) is 0.502. The van der Waals surface area contributed by atoms with E-state index in [1.54, 1.807) is 24.3 Å². The van der Waals surface area contributed by atoms with Crippen LogP contribution in [0.2, 0.25) is 0 Å². The highest BCUT2D eigenvalue weighted by molar-refractivity contribution is 7.99. The predicted octanol–water partition coefficient (Wildman–Crippen LogP) is 1.47. The largest absolute Gasteiger partial charge is 0.493 e. The van der Waals surface area contributed by atoms with Crippen LogP contribution in [0.4, 0.5) is 5.69 Å². The minimum atomic E-state index is -0.799. The van der Waals surface area contributed by atoms with Crippen LogP contribution in [-0.2, 0) is 4.79 Å². The zero-order valence-electron chi connectivity index (χ0n) is 8.18. The Bertz CT molecular complexity index is 313. The monoisotopic (exact) mass is 227 g/mol. The molecule has 0 fully saturated rings. The Morgan fingerprint density at radius 2 is 2.07 bits per heavy atom. The van der Waals surface area contributed by atoms with E-state index in [1.807, 2.05) is 0 Å². The molecule has 4 nitrogen and oxygen atoms in total. The van der Waals surface area contributed by atoms with Crippen molar-refractivity contribution in [2.24, 2.45) is 0 Å². The molecule has 0 radical (unpaired) electrons. The number of thioether (sulfide) groups is 1. The first-order valence-electron chi connectivity index (χ1n) is 4.46. The van der Waals surface area contributed by atoms with E-state index < -0.39 is 5.97 Å². The average Bonchev–Trinajstić information content (AvgIpc) is 2.20. The summed E-state index contributed by atoms with van der Waals surface area (Å²) in [6, 6.07) is 7.11. The minimum Gasteiger partial charge on any atom is -0.493 e. The van der Waals surface area contributed by atoms with Gasteiger partial charge in [-0.1, -0.05) is 0 Å². The lowest BCUT2D eigenvalue weighted by molar-refractivity contribution is -0.133. The number of anilines is 1. The van der Waals surface area contributed by atoms with Gasteiger partial charge in [-0.25, -0.2) is 0 Å². The summed E-state index contributed by atoms with van der Waals surface area (Å²) in [5, 5.41) is 8.38. The maximum absolute atomic E-state index is 10.2. The summed E-state index contributed by atoms with van der Waals surface area (Å²) >= 11 is 1.33. The molecule has 0 aromatic heterocycles. The van der Waals surface area contributed by atoms with Crippen LogP contribution in [-0.4, -0.2) is 29.2 Å². The minimum absolute atomic E-state index is 0.116. The third-order valence-electron chi connectivity index (χ3n) is 1.60. The fourth-order valence-corrected chi connectivity index (χ4v) is 1.46. The third kappa shape index (κ3) is 5.17. The van der Waals surface area contributed by atoms with Gasteiger partial charge in [0.25, 0.3) is 0 Å². The molecule has 1 rings (SSSR count). The molecule has 0 aliphatic rings. The molecule has 0 saturated heterocycles. The summed E-state index contributed by atoms with van der Waals surface area (Å²) in [4.78, 5) is 10.2. The number of carboxylic acids is 1. The maximum Gasteiger partial charge on any atom is 0.313 e. The van der Waals surface area contributed by atoms with Crippen molar-refractivity contribution in [2.75, 3.05) is 23.8 Å². The predicted molar refractivity (Wildman–Crippen MR) is 61.3 cm³/mol. The Hall–Kier alpha value is -1.36. The highest BCUT2D eigenvalue weighted by Gasteiger charge is 1.97. The van der Waals surface area contributed by atoms with E-state index in [1.165, 1.54) is 11.8 Å². The molecule has 3 N–H and O–H groups in total. The lowest BCUT2D eigenvalue weighted by atomic mass is 10.3. The van der Waals surface area contributed by atoms with Crippen molar-refractivity contribution in [3.05, 3.63) is 24.3 Å². The van der Waals surface area contributed by atoms with E-state index in [4.69, 9.17) is 15.6 Å². The van der Waals surface area contributed by atoms with Gasteiger partial charge in [0.1, 0.15) is 5.75 Å². The molecule has 1 aromatic carbocycles. The van der Waals surface area contributed by atoms with Crippen LogP contribution in [0, 0.1) is 0 Å². The van der Waals surface area contributed by atoms with Gasteiger partial charge in [-0.3, -0.25) is 4.79 Å². The Balaban J connectivity index is 2.15. The van der Waals surface area contributed by atoms with E-state index in [2.05, 4.69) is 0 Å². The van der Waals surface area contributed by atoms with E-state index in [9.17, 15) is 4.79 Å². The summed E-state index contributed by atoms with van der Waals surface area (Å²) in [5.41, 5.74) is 6.21. The van der Waals surface area contributed by atoms with Gasteiger partial charge in [-0.05, 0) is 24.3 Å². The summed E-state index contributed by atoms with van der Waals surface area (Å²) in [5.74, 6) is 0.731. The SMILES string of the molecule is Nc1ccc(OCCSCC(=O)O)cc1. The molecule has 5 heteroatoms. The number of rotatable bonds is 6. The second-order valence-corrected chi connectivity index (χ2v) is 3.97. The lowest BCUT2D eigenvalue weighted by Gasteiger charge is -2.05. The standard InChI is InChI=1S/C10H13NO3S/c11-8-1-3-9(4-2-8)14-5-6-15-7-10(12)13/h1-4H,5-7,11H2,(H,12,13). The maximum atomic E-state index is 10.2. The summed E-state index contributed by atoms with van der Waals surface area (Å²) in [6.07, 6.45) is 0. The molecule has 0 bridgehead atoms. The Kier molecular flexibility index (Phi) is 4.83. The molecular weight excluding hydrogens is 214 g/mol. The van der Waals surface area contributed by atoms with Crippen molar-refractivity contribution < 1.29 is 14.6 Å². The lowest BCUT2D eigenvalue weighted by Crippen LogP contribution is -2.04. The molecule has 0 saturated carbocycles. The smallest absolute Gasteiger partial charge is 0.313 e. The molecule has 0 aliphatic carbocycles. The summed E-state index contributed by atoms with van der Waals surface area (Å²) in [7, 11) is 0. The number of nitrogen functional groups attached to an aromatic ring is 1. The first kappa shape index (κ1) is 11.7. The topological polar surface area (TPSA) is 72.5 Å². The van der Waals surface area contributed by atoms with E-state index >= 15 is 0 Å². The first-order valence-corrected chi connectivity index (χ1v) is 5.62. The zero-order chi connectivity index (χ0) is 11.1. The van der Waals surface area contributed by atoms with Crippen LogP contribution in [0.3, 0.4) is 0 Å². The molecule has 0 unspecified atom stereocenters. The highest BCUT2D eigenvalue weighted by atomic mass is 32.2. The van der Waals surface area contributed by atoms with Crippen LogP contribution in [0.1, 0.15) is 0 Å². The van der Waals surface area contributed by atoms with Gasteiger partial charge in [-0.2, -0.15) is 0 Å². The van der Waals surface area contributed by atoms with Gasteiger partial charge in [0.2, 0.25) is 0 Å². The number of nitrogens with two attached hydrogens (primary N) is 1. The highest BCUT2D eigenvalue weighted by Crippen LogP contribution is 2.13. The van der Waals surface area contributed by atoms with Crippen molar-refractivity contribution in [1.29, 1.82) is 0 Å². The second-order valence-electron chi connectivity index (χ2n) is 2.86. The number of hydrogen-bond acceptors (Lipinski definition) is 4. The van der Waals surface area contributed by atoms with Crippen LogP contribution < -0.4 is 10.5 Å². The zero-order valence-corrected chi connectivity index (χ0v) is 9.00. The fourth-order valence-electron chi connectivity index (χ4n) is 0.942. The van der Waals surface area contributed by atoms with Gasteiger partial charge >= 0.3 is 5.97 Å². The normalized spacial score (nSPS) is 9.87. The van der Waals surface area contributed by atoms with E-state index in [0.29, 0.717) is 18.0 Å². The molecule has 0 heterocycles. The Labute approximate surface area is 92.4 Å². The average molecular weight is 227 g/mol. The molecule has 0 spiro atoms.